The van der Waals surface area contributed by atoms with Crippen molar-refractivity contribution in [1.82, 2.24) is 9.88 Å². The first-order chi connectivity index (χ1) is 15.6. The quantitative estimate of drug-likeness (QED) is 0.340. The van der Waals surface area contributed by atoms with Gasteiger partial charge in [-0.3, -0.25) is 24.7 Å². The highest BCUT2D eigenvalue weighted by Crippen LogP contribution is 2.35. The van der Waals surface area contributed by atoms with Crippen LogP contribution in [0.3, 0.4) is 0 Å². The second-order valence-electron chi connectivity index (χ2n) is 7.19. The number of hydrogen-bond acceptors (Lipinski definition) is 9. The van der Waals surface area contributed by atoms with Crippen molar-refractivity contribution in [3.05, 3.63) is 45.3 Å². The first kappa shape index (κ1) is 22.6. The van der Waals surface area contributed by atoms with E-state index < -0.39 is 4.92 Å². The van der Waals surface area contributed by atoms with E-state index in [1.54, 1.807) is 4.90 Å². The topological polar surface area (TPSA) is 98.0 Å². The third-order valence-electron chi connectivity index (χ3n) is 5.09. The summed E-state index contributed by atoms with van der Waals surface area (Å²) in [5.74, 6) is 0.405. The summed E-state index contributed by atoms with van der Waals surface area (Å²) in [5, 5.41) is 11.6. The van der Waals surface area contributed by atoms with E-state index in [1.807, 2.05) is 25.1 Å². The van der Waals surface area contributed by atoms with E-state index in [4.69, 9.17) is 14.5 Å². The second-order valence-corrected chi connectivity index (χ2v) is 9.26. The van der Waals surface area contributed by atoms with Gasteiger partial charge in [-0.2, -0.15) is 0 Å². The van der Waals surface area contributed by atoms with Gasteiger partial charge in [-0.05, 0) is 31.5 Å². The normalized spacial score (nSPS) is 14.5. The highest BCUT2D eigenvalue weighted by Gasteiger charge is 2.25. The number of thiophene rings is 1. The van der Waals surface area contributed by atoms with Crippen molar-refractivity contribution < 1.29 is 19.2 Å². The van der Waals surface area contributed by atoms with Crippen molar-refractivity contribution in [3.63, 3.8) is 0 Å². The number of amides is 1. The Hall–Kier alpha value is -2.60. The summed E-state index contributed by atoms with van der Waals surface area (Å²) in [4.78, 5) is 33.0. The fourth-order valence-corrected chi connectivity index (χ4v) is 5.31. The number of carbonyl (C=O) groups is 1. The second kappa shape index (κ2) is 10.3. The summed E-state index contributed by atoms with van der Waals surface area (Å²) >= 11 is 2.31. The average Bonchev–Trinajstić information content (AvgIpc) is 3.45. The molecule has 2 aromatic heterocycles. The molecule has 11 heteroatoms. The Morgan fingerprint density at radius 2 is 2.09 bits per heavy atom. The van der Waals surface area contributed by atoms with Crippen molar-refractivity contribution in [2.75, 3.05) is 50.9 Å². The summed E-state index contributed by atoms with van der Waals surface area (Å²) < 4.78 is 12.0. The zero-order valence-corrected chi connectivity index (χ0v) is 19.3. The number of benzene rings is 1. The first-order valence-electron chi connectivity index (χ1n) is 10.5. The molecule has 0 radical (unpaired) electrons. The van der Waals surface area contributed by atoms with E-state index in [9.17, 15) is 14.9 Å². The van der Waals surface area contributed by atoms with Crippen molar-refractivity contribution in [2.45, 2.75) is 13.3 Å². The molecule has 0 spiro atoms. The Bertz CT molecular complexity index is 1090. The van der Waals surface area contributed by atoms with Gasteiger partial charge in [-0.1, -0.05) is 28.7 Å². The smallest absolute Gasteiger partial charge is 0.324 e. The predicted octanol–water partition coefficient (Wildman–Crippen LogP) is 4.03. The minimum atomic E-state index is -0.476. The van der Waals surface area contributed by atoms with Crippen LogP contribution in [0, 0.1) is 10.1 Å². The number of thiazole rings is 1. The van der Waals surface area contributed by atoms with Gasteiger partial charge in [0.05, 0.1) is 34.3 Å². The maximum atomic E-state index is 13.4. The fourth-order valence-electron chi connectivity index (χ4n) is 3.53. The van der Waals surface area contributed by atoms with Crippen LogP contribution in [-0.2, 0) is 4.74 Å². The third-order valence-corrected chi connectivity index (χ3v) is 7.16. The lowest BCUT2D eigenvalue weighted by molar-refractivity contribution is -0.380. The predicted molar refractivity (Wildman–Crippen MR) is 125 cm³/mol. The van der Waals surface area contributed by atoms with Gasteiger partial charge in [-0.25, -0.2) is 4.98 Å². The molecule has 3 heterocycles. The molecule has 0 bridgehead atoms. The monoisotopic (exact) mass is 476 g/mol. The fraction of sp³-hybridized carbons (Fsp3) is 0.429. The lowest BCUT2D eigenvalue weighted by Crippen LogP contribution is -2.39. The molecular formula is C21H24N4O5S2. The molecule has 170 valence electrons. The molecule has 0 unspecified atom stereocenters. The summed E-state index contributed by atoms with van der Waals surface area (Å²) in [5.41, 5.74) is 0.720. The van der Waals surface area contributed by atoms with E-state index in [1.165, 1.54) is 23.5 Å². The molecule has 1 aromatic carbocycles. The van der Waals surface area contributed by atoms with Gasteiger partial charge < -0.3 is 9.47 Å². The number of nitro groups is 1. The average molecular weight is 477 g/mol. The van der Waals surface area contributed by atoms with Gasteiger partial charge in [0.2, 0.25) is 0 Å². The number of rotatable bonds is 9. The molecule has 4 rings (SSSR count). The van der Waals surface area contributed by atoms with E-state index >= 15 is 0 Å². The van der Waals surface area contributed by atoms with Crippen LogP contribution in [-0.4, -0.2) is 66.7 Å². The van der Waals surface area contributed by atoms with Crippen LogP contribution in [0.5, 0.6) is 5.75 Å². The number of aromatic nitrogens is 1. The summed E-state index contributed by atoms with van der Waals surface area (Å²) in [6, 6.07) is 8.60. The molecular weight excluding hydrogens is 452 g/mol. The van der Waals surface area contributed by atoms with Crippen LogP contribution in [0.2, 0.25) is 0 Å². The number of carbonyl (C=O) groups excluding carboxylic acids is 1. The van der Waals surface area contributed by atoms with Crippen molar-refractivity contribution in [1.29, 1.82) is 0 Å². The Balaban J connectivity index is 1.60. The lowest BCUT2D eigenvalue weighted by Gasteiger charge is -2.27. The molecule has 32 heavy (non-hydrogen) atoms. The summed E-state index contributed by atoms with van der Waals surface area (Å²) in [6.07, 6.45) is 0.757. The Kier molecular flexibility index (Phi) is 7.30. The maximum Gasteiger partial charge on any atom is 0.324 e. The largest absolute Gasteiger partial charge is 0.492 e. The van der Waals surface area contributed by atoms with E-state index in [2.05, 4.69) is 4.90 Å². The van der Waals surface area contributed by atoms with Crippen LogP contribution in [0.1, 0.15) is 23.0 Å². The maximum absolute atomic E-state index is 13.4. The van der Waals surface area contributed by atoms with E-state index in [0.29, 0.717) is 28.9 Å². The lowest BCUT2D eigenvalue weighted by atomic mass is 10.3. The van der Waals surface area contributed by atoms with Gasteiger partial charge >= 0.3 is 5.00 Å². The molecule has 1 amide bonds. The summed E-state index contributed by atoms with van der Waals surface area (Å²) in [6.45, 7) is 6.94. The van der Waals surface area contributed by atoms with Crippen LogP contribution in [0.25, 0.3) is 10.2 Å². The molecule has 1 saturated heterocycles. The Labute approximate surface area is 193 Å². The van der Waals surface area contributed by atoms with Crippen molar-refractivity contribution in [3.8, 4) is 5.75 Å². The SMILES string of the molecule is CCOc1cccc2sc(N(CCCN3CCOCC3)C(=O)c3ccc([N+](=O)[O-])s3)nc12. The first-order valence-corrected chi connectivity index (χ1v) is 12.1. The van der Waals surface area contributed by atoms with Crippen LogP contribution in [0.15, 0.2) is 30.3 Å². The van der Waals surface area contributed by atoms with Crippen LogP contribution < -0.4 is 9.64 Å². The molecule has 9 nitrogen and oxygen atoms in total. The molecule has 1 aliphatic heterocycles. The minimum absolute atomic E-state index is 0.0513. The number of hydrogen-bond donors (Lipinski definition) is 0. The van der Waals surface area contributed by atoms with E-state index in [0.717, 1.165) is 60.8 Å². The Morgan fingerprint density at radius 3 is 2.81 bits per heavy atom. The van der Waals surface area contributed by atoms with Gasteiger partial charge in [-0.15, -0.1) is 0 Å². The number of para-hydroxylation sites is 1. The zero-order chi connectivity index (χ0) is 22.5. The van der Waals surface area contributed by atoms with Crippen molar-refractivity contribution in [2.24, 2.45) is 0 Å². The third kappa shape index (κ3) is 5.07. The van der Waals surface area contributed by atoms with Crippen molar-refractivity contribution >= 4 is 48.9 Å². The molecule has 0 saturated carbocycles. The summed E-state index contributed by atoms with van der Waals surface area (Å²) in [7, 11) is 0. The standard InChI is InChI=1S/C21H24N4O5S2/c1-2-30-15-5-3-6-16-19(15)22-21(32-16)24(10-4-9-23-11-13-29-14-12-23)20(26)17-7-8-18(31-17)25(27)28/h3,5-8H,2,4,9-14H2,1H3. The van der Waals surface area contributed by atoms with Gasteiger partial charge in [0.25, 0.3) is 5.91 Å². The molecule has 1 fully saturated rings. The van der Waals surface area contributed by atoms with Crippen LogP contribution >= 0.6 is 22.7 Å². The number of anilines is 1. The molecule has 0 atom stereocenters. The minimum Gasteiger partial charge on any atom is -0.492 e. The Morgan fingerprint density at radius 1 is 1.28 bits per heavy atom. The number of nitrogens with zero attached hydrogens (tertiary/aromatic N) is 4. The molecule has 3 aromatic rings. The van der Waals surface area contributed by atoms with Crippen LogP contribution in [0.4, 0.5) is 10.1 Å². The molecule has 0 aliphatic carbocycles. The van der Waals surface area contributed by atoms with Gasteiger partial charge in [0.15, 0.2) is 5.13 Å². The van der Waals surface area contributed by atoms with Gasteiger partial charge in [0, 0.05) is 32.2 Å². The van der Waals surface area contributed by atoms with E-state index in [-0.39, 0.29) is 10.9 Å². The number of ether oxygens (including phenoxy) is 2. The number of morpholine rings is 1. The van der Waals surface area contributed by atoms with Gasteiger partial charge in [0.1, 0.15) is 11.3 Å². The zero-order valence-electron chi connectivity index (χ0n) is 17.7. The highest BCUT2D eigenvalue weighted by atomic mass is 32.1. The number of fused-ring (bicyclic) bond motifs is 1. The highest BCUT2D eigenvalue weighted by molar-refractivity contribution is 7.22. The molecule has 1 aliphatic rings. The molecule has 0 N–H and O–H groups in total.